The van der Waals surface area contributed by atoms with E-state index in [1.807, 2.05) is 0 Å². The van der Waals surface area contributed by atoms with Crippen molar-refractivity contribution in [3.05, 3.63) is 40.7 Å². The number of nitrogens with zero attached hydrogens (tertiary/aromatic N) is 1. The summed E-state index contributed by atoms with van der Waals surface area (Å²) in [6.07, 6.45) is 3.05. The molecule has 0 aliphatic carbocycles. The number of aromatic carboxylic acids is 1. The Morgan fingerprint density at radius 1 is 1.50 bits per heavy atom. The molecule has 0 unspecified atom stereocenters. The van der Waals surface area contributed by atoms with Crippen molar-refractivity contribution in [2.24, 2.45) is 0 Å². The summed E-state index contributed by atoms with van der Waals surface area (Å²) in [4.78, 5) is 15.6. The third kappa shape index (κ3) is 2.45. The Hall–Kier alpha value is -1.27. The van der Waals surface area contributed by atoms with E-state index >= 15 is 0 Å². The molecule has 82 valence electrons. The largest absolute Gasteiger partial charge is 0.478 e. The van der Waals surface area contributed by atoms with Crippen molar-refractivity contribution >= 4 is 33.7 Å². The van der Waals surface area contributed by atoms with Crippen LogP contribution in [0.15, 0.2) is 49.7 Å². The number of hydrogen-bond acceptors (Lipinski definition) is 4. The molecule has 0 saturated carbocycles. The monoisotopic (exact) mass is 299 g/mol. The van der Waals surface area contributed by atoms with Gasteiger partial charge in [-0.3, -0.25) is 0 Å². The summed E-state index contributed by atoms with van der Waals surface area (Å²) in [7, 11) is 0. The molecule has 0 aliphatic rings. The lowest BCUT2D eigenvalue weighted by atomic mass is 10.2. The molecule has 1 aromatic heterocycles. The first kappa shape index (κ1) is 11.2. The molecular weight excluding hydrogens is 294 g/mol. The smallest absolute Gasteiger partial charge is 0.336 e. The Bertz CT molecular complexity index is 513. The number of hydrogen-bond donors (Lipinski definition) is 1. The predicted molar refractivity (Wildman–Crippen MR) is 61.7 cm³/mol. The van der Waals surface area contributed by atoms with E-state index in [0.29, 0.717) is 9.70 Å². The van der Waals surface area contributed by atoms with E-state index in [0.717, 1.165) is 4.90 Å². The normalized spacial score (nSPS) is 10.3. The van der Waals surface area contributed by atoms with Crippen molar-refractivity contribution in [3.8, 4) is 0 Å². The van der Waals surface area contributed by atoms with Gasteiger partial charge >= 0.3 is 5.97 Å². The van der Waals surface area contributed by atoms with Gasteiger partial charge in [0, 0.05) is 9.37 Å². The van der Waals surface area contributed by atoms with Crippen molar-refractivity contribution in [2.45, 2.75) is 10.1 Å². The zero-order valence-corrected chi connectivity index (χ0v) is 10.3. The highest BCUT2D eigenvalue weighted by Gasteiger charge is 2.09. The number of benzene rings is 1. The number of aromatic nitrogens is 1. The van der Waals surface area contributed by atoms with Crippen LogP contribution >= 0.6 is 27.7 Å². The van der Waals surface area contributed by atoms with Crippen molar-refractivity contribution in [2.75, 3.05) is 0 Å². The van der Waals surface area contributed by atoms with Gasteiger partial charge in [0.1, 0.15) is 6.26 Å². The van der Waals surface area contributed by atoms with Crippen molar-refractivity contribution in [1.82, 2.24) is 4.98 Å². The first-order chi connectivity index (χ1) is 7.66. The number of halogens is 1. The van der Waals surface area contributed by atoms with Gasteiger partial charge in [0.25, 0.3) is 5.22 Å². The van der Waals surface area contributed by atoms with E-state index in [4.69, 9.17) is 9.52 Å². The summed E-state index contributed by atoms with van der Waals surface area (Å²) in [5.74, 6) is -0.959. The highest BCUT2D eigenvalue weighted by Crippen LogP contribution is 2.29. The van der Waals surface area contributed by atoms with Gasteiger partial charge in [0.2, 0.25) is 0 Å². The first-order valence-corrected chi connectivity index (χ1v) is 5.88. The molecule has 0 fully saturated rings. The quantitative estimate of drug-likeness (QED) is 0.942. The van der Waals surface area contributed by atoms with Crippen LogP contribution in [0.5, 0.6) is 0 Å². The van der Waals surface area contributed by atoms with Crippen LogP contribution in [0.1, 0.15) is 10.4 Å². The van der Waals surface area contributed by atoms with Gasteiger partial charge in [-0.15, -0.1) is 0 Å². The van der Waals surface area contributed by atoms with Gasteiger partial charge < -0.3 is 9.52 Å². The second-order valence-corrected chi connectivity index (χ2v) is 4.73. The number of oxazole rings is 1. The zero-order chi connectivity index (χ0) is 11.5. The second kappa shape index (κ2) is 4.71. The van der Waals surface area contributed by atoms with E-state index < -0.39 is 5.97 Å². The van der Waals surface area contributed by atoms with Gasteiger partial charge in [-0.25, -0.2) is 9.78 Å². The summed E-state index contributed by atoms with van der Waals surface area (Å²) < 4.78 is 5.61. The molecule has 16 heavy (non-hydrogen) atoms. The van der Waals surface area contributed by atoms with E-state index in [-0.39, 0.29) is 5.56 Å². The fourth-order valence-corrected chi connectivity index (χ4v) is 2.53. The first-order valence-electron chi connectivity index (χ1n) is 4.27. The van der Waals surface area contributed by atoms with E-state index in [1.54, 1.807) is 18.3 Å². The molecule has 1 N–H and O–H groups in total. The molecular formula is C10H6BrNO3S. The summed E-state index contributed by atoms with van der Waals surface area (Å²) in [6, 6.07) is 4.97. The van der Waals surface area contributed by atoms with E-state index in [2.05, 4.69) is 20.9 Å². The Balaban J connectivity index is 2.24. The van der Waals surface area contributed by atoms with E-state index in [9.17, 15) is 4.79 Å². The minimum Gasteiger partial charge on any atom is -0.478 e. The maximum atomic E-state index is 10.8. The standard InChI is InChI=1S/C10H6BrNO3S/c11-8-5-6(1-2-7(8)9(13)14)16-10-12-3-4-15-10/h1-5H,(H,13,14). The molecule has 0 aliphatic heterocycles. The Kier molecular flexibility index (Phi) is 3.31. The minimum atomic E-state index is -0.959. The van der Waals surface area contributed by atoms with Crippen LogP contribution in [-0.2, 0) is 0 Å². The topological polar surface area (TPSA) is 63.3 Å². The van der Waals surface area contributed by atoms with Crippen LogP contribution in [0.4, 0.5) is 0 Å². The van der Waals surface area contributed by atoms with Crippen molar-refractivity contribution in [1.29, 1.82) is 0 Å². The lowest BCUT2D eigenvalue weighted by Gasteiger charge is -2.01. The lowest BCUT2D eigenvalue weighted by molar-refractivity contribution is 0.0696. The predicted octanol–water partition coefficient (Wildman–Crippen LogP) is 3.29. The summed E-state index contributed by atoms with van der Waals surface area (Å²) in [5, 5.41) is 9.37. The third-order valence-corrected chi connectivity index (χ3v) is 3.31. The zero-order valence-electron chi connectivity index (χ0n) is 7.88. The highest BCUT2D eigenvalue weighted by atomic mass is 79.9. The summed E-state index contributed by atoms with van der Waals surface area (Å²) >= 11 is 4.53. The fraction of sp³-hybridized carbons (Fsp3) is 0. The van der Waals surface area contributed by atoms with Gasteiger partial charge in [-0.05, 0) is 45.9 Å². The molecule has 1 heterocycles. The SMILES string of the molecule is O=C(O)c1ccc(Sc2ncco2)cc1Br. The average Bonchev–Trinajstić information content (AvgIpc) is 2.70. The van der Waals surface area contributed by atoms with Crippen LogP contribution in [0, 0.1) is 0 Å². The number of carboxylic acid groups (broad SMARTS) is 1. The molecule has 1 aromatic carbocycles. The van der Waals surface area contributed by atoms with Crippen molar-refractivity contribution in [3.63, 3.8) is 0 Å². The number of carbonyl (C=O) groups is 1. The second-order valence-electron chi connectivity index (χ2n) is 2.85. The van der Waals surface area contributed by atoms with Crippen LogP contribution in [-0.4, -0.2) is 16.1 Å². The summed E-state index contributed by atoms with van der Waals surface area (Å²) in [5.41, 5.74) is 0.233. The number of rotatable bonds is 3. The fourth-order valence-electron chi connectivity index (χ4n) is 1.09. The molecule has 4 nitrogen and oxygen atoms in total. The average molecular weight is 300 g/mol. The minimum absolute atomic E-state index is 0.233. The summed E-state index contributed by atoms with van der Waals surface area (Å²) in [6.45, 7) is 0. The van der Waals surface area contributed by atoms with Crippen LogP contribution in [0.3, 0.4) is 0 Å². The molecule has 2 rings (SSSR count). The number of carboxylic acids is 1. The Labute approximate surface area is 104 Å². The molecule has 0 spiro atoms. The molecule has 2 aromatic rings. The molecule has 0 amide bonds. The highest BCUT2D eigenvalue weighted by molar-refractivity contribution is 9.10. The molecule has 0 radical (unpaired) electrons. The maximum absolute atomic E-state index is 10.8. The van der Waals surface area contributed by atoms with Gasteiger partial charge in [-0.1, -0.05) is 0 Å². The maximum Gasteiger partial charge on any atom is 0.336 e. The van der Waals surface area contributed by atoms with Gasteiger partial charge in [0.05, 0.1) is 11.8 Å². The third-order valence-electron chi connectivity index (χ3n) is 1.79. The van der Waals surface area contributed by atoms with Gasteiger partial charge in [-0.2, -0.15) is 0 Å². The van der Waals surface area contributed by atoms with Crippen LogP contribution < -0.4 is 0 Å². The molecule has 0 bridgehead atoms. The van der Waals surface area contributed by atoms with Crippen LogP contribution in [0.2, 0.25) is 0 Å². The molecule has 0 atom stereocenters. The van der Waals surface area contributed by atoms with Crippen LogP contribution in [0.25, 0.3) is 0 Å². The Morgan fingerprint density at radius 2 is 2.31 bits per heavy atom. The molecule has 0 saturated heterocycles. The van der Waals surface area contributed by atoms with Crippen molar-refractivity contribution < 1.29 is 14.3 Å². The molecule has 6 heteroatoms. The van der Waals surface area contributed by atoms with Gasteiger partial charge in [0.15, 0.2) is 0 Å². The lowest BCUT2D eigenvalue weighted by Crippen LogP contribution is -1.96. The van der Waals surface area contributed by atoms with E-state index in [1.165, 1.54) is 24.1 Å². The Morgan fingerprint density at radius 3 is 2.88 bits per heavy atom.